The van der Waals surface area contributed by atoms with Crippen LogP contribution in [0.15, 0.2) is 36.8 Å². The number of aliphatic hydroxyl groups is 1. The monoisotopic (exact) mass is 539 g/mol. The summed E-state index contributed by atoms with van der Waals surface area (Å²) < 4.78 is 58.4. The van der Waals surface area contributed by atoms with Crippen molar-refractivity contribution in [2.45, 2.75) is 45.6 Å². The minimum absolute atomic E-state index is 0.0511. The molecule has 1 aliphatic heterocycles. The zero-order chi connectivity index (χ0) is 28.2. The van der Waals surface area contributed by atoms with Crippen molar-refractivity contribution in [1.82, 2.24) is 19.4 Å². The molecular weight excluding hydrogens is 510 g/mol. The summed E-state index contributed by atoms with van der Waals surface area (Å²) in [5.41, 5.74) is 4.25. The Balaban J connectivity index is 0.000000232. The van der Waals surface area contributed by atoms with E-state index in [-0.39, 0.29) is 29.4 Å². The molecule has 13 heteroatoms. The van der Waals surface area contributed by atoms with Crippen molar-refractivity contribution in [2.24, 2.45) is 11.7 Å². The summed E-state index contributed by atoms with van der Waals surface area (Å²) in [6.07, 6.45) is -0.828. The van der Waals surface area contributed by atoms with Gasteiger partial charge in [-0.15, -0.1) is 0 Å². The highest BCUT2D eigenvalue weighted by Gasteiger charge is 2.32. The summed E-state index contributed by atoms with van der Waals surface area (Å²) in [4.78, 5) is 32.0. The standard InChI is InChI=1S/C14H8F4N4O.C11H21NO3/c15-9-3-8(14(16,17)18)6-21-13(9)22-2-1-7-5-20-10(12(19)23)4-11(7)22;1-8(2)11(14)12-5-4-10(6-12)15-7-9(3)13/h1-6H,(H2,19,23);8-10,13H,4-7H2,1-3H3. The van der Waals surface area contributed by atoms with Gasteiger partial charge in [0.05, 0.1) is 29.9 Å². The number of pyridine rings is 2. The maximum Gasteiger partial charge on any atom is 0.417 e. The molecular formula is C25H29F4N5O4. The molecule has 2 unspecified atom stereocenters. The highest BCUT2D eigenvalue weighted by Crippen LogP contribution is 2.30. The molecule has 2 amide bonds. The predicted molar refractivity (Wildman–Crippen MR) is 130 cm³/mol. The lowest BCUT2D eigenvalue weighted by Gasteiger charge is -2.19. The molecule has 1 saturated heterocycles. The number of rotatable bonds is 6. The number of carbonyl (C=O) groups excluding carboxylic acids is 2. The van der Waals surface area contributed by atoms with E-state index in [1.54, 1.807) is 13.0 Å². The van der Waals surface area contributed by atoms with E-state index < -0.39 is 29.6 Å². The van der Waals surface area contributed by atoms with E-state index in [1.807, 2.05) is 18.7 Å². The average Bonchev–Trinajstić information content (AvgIpc) is 3.49. The van der Waals surface area contributed by atoms with Crippen molar-refractivity contribution >= 4 is 22.7 Å². The third-order valence-corrected chi connectivity index (χ3v) is 5.73. The SMILES string of the molecule is CC(O)COC1CCN(C(=O)C(C)C)C1.NC(=O)c1cc2c(ccn2-c2ncc(C(F)(F)F)cc2F)cn1. The Morgan fingerprint density at radius 3 is 2.50 bits per heavy atom. The third-order valence-electron chi connectivity index (χ3n) is 5.73. The van der Waals surface area contributed by atoms with Gasteiger partial charge in [0.2, 0.25) is 5.91 Å². The van der Waals surface area contributed by atoms with Crippen LogP contribution in [0.2, 0.25) is 0 Å². The lowest BCUT2D eigenvalue weighted by atomic mass is 10.2. The lowest BCUT2D eigenvalue weighted by molar-refractivity contribution is -0.138. The number of aromatic nitrogens is 3. The van der Waals surface area contributed by atoms with Gasteiger partial charge in [0.25, 0.3) is 5.91 Å². The topological polar surface area (TPSA) is 124 Å². The summed E-state index contributed by atoms with van der Waals surface area (Å²) in [6, 6.07) is 3.24. The smallest absolute Gasteiger partial charge is 0.391 e. The summed E-state index contributed by atoms with van der Waals surface area (Å²) in [5.74, 6) is -2.00. The van der Waals surface area contributed by atoms with Crippen molar-refractivity contribution in [1.29, 1.82) is 0 Å². The third kappa shape index (κ3) is 7.04. The second-order valence-electron chi connectivity index (χ2n) is 9.24. The second-order valence-corrected chi connectivity index (χ2v) is 9.24. The molecule has 3 aromatic rings. The van der Waals surface area contributed by atoms with Gasteiger partial charge in [0.15, 0.2) is 11.6 Å². The number of nitrogens with zero attached hydrogens (tertiary/aromatic N) is 4. The van der Waals surface area contributed by atoms with Crippen molar-refractivity contribution in [2.75, 3.05) is 19.7 Å². The van der Waals surface area contributed by atoms with E-state index in [1.165, 1.54) is 23.0 Å². The Bertz CT molecular complexity index is 1290. The minimum Gasteiger partial charge on any atom is -0.391 e. The van der Waals surface area contributed by atoms with E-state index in [9.17, 15) is 27.2 Å². The molecule has 0 spiro atoms. The molecule has 2 atom stereocenters. The van der Waals surface area contributed by atoms with Gasteiger partial charge < -0.3 is 20.5 Å². The van der Waals surface area contributed by atoms with Gasteiger partial charge in [-0.2, -0.15) is 13.2 Å². The molecule has 0 radical (unpaired) electrons. The molecule has 4 heterocycles. The number of amides is 2. The van der Waals surface area contributed by atoms with Crippen LogP contribution in [-0.4, -0.2) is 68.3 Å². The first-order chi connectivity index (χ1) is 17.8. The Kier molecular flexibility index (Phi) is 9.05. The number of fused-ring (bicyclic) bond motifs is 1. The molecule has 4 rings (SSSR count). The van der Waals surface area contributed by atoms with Crippen LogP contribution < -0.4 is 5.73 Å². The van der Waals surface area contributed by atoms with E-state index in [0.717, 1.165) is 13.0 Å². The zero-order valence-corrected chi connectivity index (χ0v) is 21.1. The van der Waals surface area contributed by atoms with E-state index >= 15 is 0 Å². The minimum atomic E-state index is -4.69. The van der Waals surface area contributed by atoms with E-state index in [4.69, 9.17) is 15.6 Å². The van der Waals surface area contributed by atoms with Gasteiger partial charge in [0, 0.05) is 43.0 Å². The molecule has 9 nitrogen and oxygen atoms in total. The average molecular weight is 540 g/mol. The van der Waals surface area contributed by atoms with Gasteiger partial charge in [0.1, 0.15) is 5.69 Å². The van der Waals surface area contributed by atoms with Gasteiger partial charge in [-0.05, 0) is 31.5 Å². The van der Waals surface area contributed by atoms with Crippen LogP contribution in [0.3, 0.4) is 0 Å². The van der Waals surface area contributed by atoms with Crippen LogP contribution in [-0.2, 0) is 15.7 Å². The summed E-state index contributed by atoms with van der Waals surface area (Å²) in [6.45, 7) is 7.32. The molecule has 3 aromatic heterocycles. The fourth-order valence-corrected chi connectivity index (χ4v) is 3.81. The number of carbonyl (C=O) groups is 2. The number of ether oxygens (including phenoxy) is 1. The number of nitrogens with two attached hydrogens (primary N) is 1. The molecule has 3 N–H and O–H groups in total. The molecule has 1 fully saturated rings. The number of aliphatic hydroxyl groups excluding tert-OH is 1. The van der Waals surface area contributed by atoms with Gasteiger partial charge in [-0.3, -0.25) is 19.1 Å². The first kappa shape index (κ1) is 29.0. The van der Waals surface area contributed by atoms with Crippen molar-refractivity contribution < 1.29 is 37.0 Å². The van der Waals surface area contributed by atoms with Crippen molar-refractivity contribution in [3.05, 3.63) is 53.9 Å². The summed E-state index contributed by atoms with van der Waals surface area (Å²) in [5, 5.41) is 9.62. The highest BCUT2D eigenvalue weighted by molar-refractivity contribution is 5.95. The number of alkyl halides is 3. The predicted octanol–water partition coefficient (Wildman–Crippen LogP) is 3.32. The van der Waals surface area contributed by atoms with Crippen LogP contribution in [0, 0.1) is 11.7 Å². The molecule has 0 bridgehead atoms. The lowest BCUT2D eigenvalue weighted by Crippen LogP contribution is -2.33. The molecule has 0 aromatic carbocycles. The maximum atomic E-state index is 14.0. The number of halogens is 4. The van der Waals surface area contributed by atoms with E-state index in [0.29, 0.717) is 36.3 Å². The first-order valence-corrected chi connectivity index (χ1v) is 11.9. The zero-order valence-electron chi connectivity index (χ0n) is 21.1. The van der Waals surface area contributed by atoms with Crippen LogP contribution in [0.5, 0.6) is 0 Å². The van der Waals surface area contributed by atoms with Gasteiger partial charge in [-0.25, -0.2) is 9.37 Å². The first-order valence-electron chi connectivity index (χ1n) is 11.9. The van der Waals surface area contributed by atoms with E-state index in [2.05, 4.69) is 9.97 Å². The number of hydrogen-bond donors (Lipinski definition) is 2. The van der Waals surface area contributed by atoms with Crippen LogP contribution in [0.4, 0.5) is 17.6 Å². The van der Waals surface area contributed by atoms with Gasteiger partial charge >= 0.3 is 6.18 Å². The van der Waals surface area contributed by atoms with Crippen LogP contribution >= 0.6 is 0 Å². The van der Waals surface area contributed by atoms with Crippen molar-refractivity contribution in [3.8, 4) is 5.82 Å². The van der Waals surface area contributed by atoms with Gasteiger partial charge in [-0.1, -0.05) is 13.8 Å². The Morgan fingerprint density at radius 2 is 1.92 bits per heavy atom. The fourth-order valence-electron chi connectivity index (χ4n) is 3.81. The van der Waals surface area contributed by atoms with Crippen molar-refractivity contribution in [3.63, 3.8) is 0 Å². The molecule has 206 valence electrons. The number of primary amides is 1. The normalized spacial score (nSPS) is 16.4. The second kappa shape index (κ2) is 11.9. The quantitative estimate of drug-likeness (QED) is 0.464. The highest BCUT2D eigenvalue weighted by atomic mass is 19.4. The van der Waals surface area contributed by atoms with Crippen LogP contribution in [0.1, 0.15) is 43.2 Å². The van der Waals surface area contributed by atoms with Crippen LogP contribution in [0.25, 0.3) is 16.7 Å². The molecule has 38 heavy (non-hydrogen) atoms. The fraction of sp³-hybridized carbons (Fsp3) is 0.440. The Labute approximate surface area is 216 Å². The summed E-state index contributed by atoms with van der Waals surface area (Å²) >= 11 is 0. The molecule has 0 saturated carbocycles. The summed E-state index contributed by atoms with van der Waals surface area (Å²) in [7, 11) is 0. The number of likely N-dealkylation sites (tertiary alicyclic amines) is 1. The number of hydrogen-bond acceptors (Lipinski definition) is 6. The largest absolute Gasteiger partial charge is 0.417 e. The maximum absolute atomic E-state index is 14.0. The Morgan fingerprint density at radius 1 is 1.21 bits per heavy atom. The molecule has 1 aliphatic rings. The molecule has 0 aliphatic carbocycles. The Hall–Kier alpha value is -3.58.